The van der Waals surface area contributed by atoms with E-state index in [-0.39, 0.29) is 5.91 Å². The van der Waals surface area contributed by atoms with E-state index in [2.05, 4.69) is 31.4 Å². The molecule has 1 heterocycles. The molecule has 0 aliphatic rings. The van der Waals surface area contributed by atoms with Crippen molar-refractivity contribution in [1.29, 1.82) is 0 Å². The van der Waals surface area contributed by atoms with Crippen molar-refractivity contribution in [3.05, 3.63) is 58.3 Å². The molecule has 1 amide bonds. The third-order valence-corrected chi connectivity index (χ3v) is 3.47. The molecule has 1 atom stereocenters. The second-order valence-electron chi connectivity index (χ2n) is 4.71. The standard InChI is InChI=1S/C16H16BrN3O2/c1-11-3-4-15(14(17)9-11)22-12(2)16(21)20-19-10-13-5-7-18-8-6-13/h3-10,12H,1-2H3,(H,20,21)/b19-10-/t12-/m0/s1. The third kappa shape index (κ3) is 4.66. The predicted octanol–water partition coefficient (Wildman–Crippen LogP) is 3.07. The lowest BCUT2D eigenvalue weighted by Crippen LogP contribution is -2.33. The minimum Gasteiger partial charge on any atom is -0.480 e. The molecule has 1 aromatic carbocycles. The summed E-state index contributed by atoms with van der Waals surface area (Å²) in [5.41, 5.74) is 4.41. The maximum Gasteiger partial charge on any atom is 0.280 e. The first-order valence-corrected chi connectivity index (χ1v) is 7.51. The summed E-state index contributed by atoms with van der Waals surface area (Å²) in [7, 11) is 0. The van der Waals surface area contributed by atoms with E-state index in [9.17, 15) is 4.79 Å². The first-order valence-electron chi connectivity index (χ1n) is 6.72. The fourth-order valence-electron chi connectivity index (χ4n) is 1.66. The normalized spacial score (nSPS) is 12.1. The van der Waals surface area contributed by atoms with Gasteiger partial charge in [0.15, 0.2) is 6.10 Å². The Morgan fingerprint density at radius 2 is 2.09 bits per heavy atom. The van der Waals surface area contributed by atoms with Crippen LogP contribution in [0.2, 0.25) is 0 Å². The molecule has 114 valence electrons. The van der Waals surface area contributed by atoms with Crippen LogP contribution in [0.15, 0.2) is 52.3 Å². The van der Waals surface area contributed by atoms with Crippen LogP contribution in [0.1, 0.15) is 18.1 Å². The number of ether oxygens (including phenoxy) is 1. The Labute approximate surface area is 137 Å². The van der Waals surface area contributed by atoms with Crippen LogP contribution in [0.4, 0.5) is 0 Å². The minimum atomic E-state index is -0.659. The number of hydrogen-bond donors (Lipinski definition) is 1. The lowest BCUT2D eigenvalue weighted by molar-refractivity contribution is -0.127. The fourth-order valence-corrected chi connectivity index (χ4v) is 2.24. The molecule has 0 saturated heterocycles. The molecule has 0 aliphatic carbocycles. The Bertz CT molecular complexity index is 674. The molecule has 6 heteroatoms. The van der Waals surface area contributed by atoms with Gasteiger partial charge < -0.3 is 4.74 Å². The van der Waals surface area contributed by atoms with Crippen LogP contribution < -0.4 is 10.2 Å². The van der Waals surface area contributed by atoms with Crippen LogP contribution in [0.3, 0.4) is 0 Å². The van der Waals surface area contributed by atoms with Gasteiger partial charge in [-0.25, -0.2) is 5.43 Å². The van der Waals surface area contributed by atoms with Crippen molar-refractivity contribution in [1.82, 2.24) is 10.4 Å². The highest BCUT2D eigenvalue weighted by Crippen LogP contribution is 2.26. The van der Waals surface area contributed by atoms with Gasteiger partial charge in [-0.3, -0.25) is 9.78 Å². The van der Waals surface area contributed by atoms with E-state index in [0.29, 0.717) is 5.75 Å². The lowest BCUT2D eigenvalue weighted by Gasteiger charge is -2.14. The van der Waals surface area contributed by atoms with Crippen molar-refractivity contribution < 1.29 is 9.53 Å². The summed E-state index contributed by atoms with van der Waals surface area (Å²) in [4.78, 5) is 15.8. The maximum atomic E-state index is 11.9. The van der Waals surface area contributed by atoms with Crippen LogP contribution >= 0.6 is 15.9 Å². The molecule has 0 radical (unpaired) electrons. The number of carbonyl (C=O) groups is 1. The molecule has 2 aromatic rings. The molecular formula is C16H16BrN3O2. The number of rotatable bonds is 5. The number of benzene rings is 1. The van der Waals surface area contributed by atoms with Crippen molar-refractivity contribution >= 4 is 28.1 Å². The summed E-state index contributed by atoms with van der Waals surface area (Å²) in [6, 6.07) is 9.26. The summed E-state index contributed by atoms with van der Waals surface area (Å²) in [6.45, 7) is 3.65. The van der Waals surface area contributed by atoms with Gasteiger partial charge in [0.2, 0.25) is 0 Å². The van der Waals surface area contributed by atoms with Crippen molar-refractivity contribution in [2.75, 3.05) is 0 Å². The van der Waals surface area contributed by atoms with Gasteiger partial charge in [0.05, 0.1) is 10.7 Å². The average Bonchev–Trinajstić information content (AvgIpc) is 2.51. The van der Waals surface area contributed by atoms with E-state index in [1.54, 1.807) is 37.7 Å². The van der Waals surface area contributed by atoms with Gasteiger partial charge in [-0.1, -0.05) is 6.07 Å². The van der Waals surface area contributed by atoms with E-state index >= 15 is 0 Å². The first-order chi connectivity index (χ1) is 10.6. The van der Waals surface area contributed by atoms with E-state index in [0.717, 1.165) is 15.6 Å². The first kappa shape index (κ1) is 16.2. The largest absolute Gasteiger partial charge is 0.480 e. The van der Waals surface area contributed by atoms with Crippen molar-refractivity contribution in [3.63, 3.8) is 0 Å². The van der Waals surface area contributed by atoms with Gasteiger partial charge in [-0.05, 0) is 65.2 Å². The highest BCUT2D eigenvalue weighted by Gasteiger charge is 2.15. The maximum absolute atomic E-state index is 11.9. The van der Waals surface area contributed by atoms with Crippen LogP contribution in [0.25, 0.3) is 0 Å². The van der Waals surface area contributed by atoms with Crippen LogP contribution in [0.5, 0.6) is 5.75 Å². The molecule has 2 rings (SSSR count). The Morgan fingerprint density at radius 1 is 1.36 bits per heavy atom. The number of pyridine rings is 1. The van der Waals surface area contributed by atoms with E-state index in [1.807, 2.05) is 25.1 Å². The molecule has 0 saturated carbocycles. The van der Waals surface area contributed by atoms with Gasteiger partial charge in [0.1, 0.15) is 5.75 Å². The van der Waals surface area contributed by atoms with Crippen molar-refractivity contribution in [2.24, 2.45) is 5.10 Å². The average molecular weight is 362 g/mol. The van der Waals surface area contributed by atoms with E-state index < -0.39 is 6.10 Å². The van der Waals surface area contributed by atoms with Crippen molar-refractivity contribution in [3.8, 4) is 5.75 Å². The number of halogens is 1. The van der Waals surface area contributed by atoms with Gasteiger partial charge in [0.25, 0.3) is 5.91 Å². The highest BCUT2D eigenvalue weighted by atomic mass is 79.9. The Balaban J connectivity index is 1.91. The second-order valence-corrected chi connectivity index (χ2v) is 5.56. The molecule has 0 unspecified atom stereocenters. The number of hydrazone groups is 1. The third-order valence-electron chi connectivity index (χ3n) is 2.85. The number of hydrogen-bond acceptors (Lipinski definition) is 4. The van der Waals surface area contributed by atoms with Gasteiger partial charge >= 0.3 is 0 Å². The number of nitrogens with one attached hydrogen (secondary N) is 1. The monoisotopic (exact) mass is 361 g/mol. The molecule has 1 aromatic heterocycles. The molecule has 0 aliphatic heterocycles. The van der Waals surface area contributed by atoms with Crippen LogP contribution in [-0.4, -0.2) is 23.2 Å². The SMILES string of the molecule is Cc1ccc(O[C@@H](C)C(=O)N/N=C\c2ccncc2)c(Br)c1. The molecule has 0 bridgehead atoms. The van der Waals surface area contributed by atoms with Crippen molar-refractivity contribution in [2.45, 2.75) is 20.0 Å². The summed E-state index contributed by atoms with van der Waals surface area (Å²) < 4.78 is 6.43. The van der Waals surface area contributed by atoms with Gasteiger partial charge in [0, 0.05) is 12.4 Å². The van der Waals surface area contributed by atoms with Crippen LogP contribution in [-0.2, 0) is 4.79 Å². The number of aromatic nitrogens is 1. The van der Waals surface area contributed by atoms with E-state index in [4.69, 9.17) is 4.74 Å². The van der Waals surface area contributed by atoms with Crippen LogP contribution in [0, 0.1) is 6.92 Å². The molecule has 1 N–H and O–H groups in total. The number of aryl methyl sites for hydroxylation is 1. The summed E-state index contributed by atoms with van der Waals surface area (Å²) in [5.74, 6) is 0.296. The zero-order valence-corrected chi connectivity index (χ0v) is 13.9. The fraction of sp³-hybridized carbons (Fsp3) is 0.188. The Morgan fingerprint density at radius 3 is 2.77 bits per heavy atom. The number of nitrogens with zero attached hydrogens (tertiary/aromatic N) is 2. The molecule has 5 nitrogen and oxygen atoms in total. The zero-order valence-electron chi connectivity index (χ0n) is 12.3. The topological polar surface area (TPSA) is 63.6 Å². The smallest absolute Gasteiger partial charge is 0.280 e. The molecule has 0 fully saturated rings. The second kappa shape index (κ2) is 7.70. The predicted molar refractivity (Wildman–Crippen MR) is 88.9 cm³/mol. The van der Waals surface area contributed by atoms with Gasteiger partial charge in [-0.2, -0.15) is 5.10 Å². The number of carbonyl (C=O) groups excluding carboxylic acids is 1. The highest BCUT2D eigenvalue weighted by molar-refractivity contribution is 9.10. The zero-order chi connectivity index (χ0) is 15.9. The summed E-state index contributed by atoms with van der Waals surface area (Å²) >= 11 is 3.42. The minimum absolute atomic E-state index is 0.321. The van der Waals surface area contributed by atoms with Gasteiger partial charge in [-0.15, -0.1) is 0 Å². The summed E-state index contributed by atoms with van der Waals surface area (Å²) in [6.07, 6.45) is 4.20. The Hall–Kier alpha value is -2.21. The number of amides is 1. The summed E-state index contributed by atoms with van der Waals surface area (Å²) in [5, 5.41) is 3.90. The molecule has 0 spiro atoms. The Kier molecular flexibility index (Phi) is 5.66. The molecule has 22 heavy (non-hydrogen) atoms. The molecular weight excluding hydrogens is 346 g/mol. The lowest BCUT2D eigenvalue weighted by atomic mass is 10.2. The quantitative estimate of drug-likeness (QED) is 0.657. The van der Waals surface area contributed by atoms with E-state index in [1.165, 1.54) is 0 Å².